The van der Waals surface area contributed by atoms with Crippen molar-refractivity contribution in [3.63, 3.8) is 0 Å². The summed E-state index contributed by atoms with van der Waals surface area (Å²) in [4.78, 5) is 10.6. The molecular weight excluding hydrogens is 196 g/mol. The molecule has 0 saturated carbocycles. The van der Waals surface area contributed by atoms with Gasteiger partial charge in [-0.3, -0.25) is 0 Å². The summed E-state index contributed by atoms with van der Waals surface area (Å²) in [7, 11) is 0. The quantitative estimate of drug-likeness (QED) is 0.442. The summed E-state index contributed by atoms with van der Waals surface area (Å²) in [5.41, 5.74) is 15.4. The van der Waals surface area contributed by atoms with Crippen molar-refractivity contribution < 1.29 is 9.90 Å². The third-order valence-electron chi connectivity index (χ3n) is 2.34. The number of hydrazine groups is 2. The zero-order chi connectivity index (χ0) is 10.8. The van der Waals surface area contributed by atoms with Gasteiger partial charge in [0.25, 0.3) is 0 Å². The van der Waals surface area contributed by atoms with Crippen molar-refractivity contribution in [2.45, 2.75) is 12.2 Å². The number of carboxylic acids is 1. The van der Waals surface area contributed by atoms with Gasteiger partial charge in [0, 0.05) is 0 Å². The molecule has 6 nitrogen and oxygen atoms in total. The second-order valence-corrected chi connectivity index (χ2v) is 3.34. The zero-order valence-corrected chi connectivity index (χ0v) is 7.90. The maximum absolute atomic E-state index is 10.6. The van der Waals surface area contributed by atoms with Crippen molar-refractivity contribution in [2.24, 2.45) is 5.73 Å². The number of hydrogen-bond acceptors (Lipinski definition) is 5. The Morgan fingerprint density at radius 3 is 2.40 bits per heavy atom. The molecule has 1 aromatic carbocycles. The van der Waals surface area contributed by atoms with Crippen LogP contribution in [0.15, 0.2) is 24.3 Å². The molecule has 1 aliphatic rings. The lowest BCUT2D eigenvalue weighted by atomic mass is 10.0. The van der Waals surface area contributed by atoms with Crippen LogP contribution in [0.1, 0.15) is 22.0 Å². The molecule has 2 unspecified atom stereocenters. The maximum Gasteiger partial charge on any atom is 0.335 e. The van der Waals surface area contributed by atoms with Gasteiger partial charge in [0.1, 0.15) is 0 Å². The molecule has 1 fully saturated rings. The number of carboxylic acid groups (broad SMARTS) is 1. The van der Waals surface area contributed by atoms with Gasteiger partial charge in [-0.25, -0.2) is 15.6 Å². The van der Waals surface area contributed by atoms with Gasteiger partial charge in [-0.05, 0) is 17.7 Å². The van der Waals surface area contributed by atoms with Crippen LogP contribution in [-0.4, -0.2) is 17.2 Å². The van der Waals surface area contributed by atoms with Crippen LogP contribution in [0.25, 0.3) is 0 Å². The van der Waals surface area contributed by atoms with Crippen molar-refractivity contribution in [3.05, 3.63) is 35.4 Å². The summed E-state index contributed by atoms with van der Waals surface area (Å²) in [6.45, 7) is 0. The fraction of sp³-hybridized carbons (Fsp3) is 0.222. The van der Waals surface area contributed by atoms with Gasteiger partial charge in [0.05, 0.1) is 17.8 Å². The van der Waals surface area contributed by atoms with Crippen LogP contribution >= 0.6 is 0 Å². The topological polar surface area (TPSA) is 99.4 Å². The standard InChI is InChI=1S/C9H12N4O2/c10-8-7(11-13-12-8)5-1-3-6(4-2-5)9(14)15/h1-4,7-8,11-13H,10H2,(H,14,15). The van der Waals surface area contributed by atoms with Crippen molar-refractivity contribution in [2.75, 3.05) is 0 Å². The van der Waals surface area contributed by atoms with Crippen LogP contribution in [0.5, 0.6) is 0 Å². The lowest BCUT2D eigenvalue weighted by molar-refractivity contribution is 0.0697. The summed E-state index contributed by atoms with van der Waals surface area (Å²) in [5.74, 6) is -0.929. The molecular formula is C9H12N4O2. The number of nitrogens with one attached hydrogen (secondary N) is 3. The van der Waals surface area contributed by atoms with E-state index >= 15 is 0 Å². The predicted octanol–water partition coefficient (Wildman–Crippen LogP) is -0.677. The van der Waals surface area contributed by atoms with E-state index in [9.17, 15) is 4.79 Å². The minimum atomic E-state index is -0.929. The molecule has 1 aromatic rings. The number of hydrogen-bond donors (Lipinski definition) is 5. The van der Waals surface area contributed by atoms with Crippen molar-refractivity contribution >= 4 is 5.97 Å². The number of nitrogens with two attached hydrogens (primary N) is 1. The Balaban J connectivity index is 2.19. The van der Waals surface area contributed by atoms with Gasteiger partial charge in [0.2, 0.25) is 0 Å². The van der Waals surface area contributed by atoms with Crippen LogP contribution < -0.4 is 22.1 Å². The first-order valence-electron chi connectivity index (χ1n) is 4.53. The van der Waals surface area contributed by atoms with Crippen molar-refractivity contribution in [1.29, 1.82) is 0 Å². The Bertz CT molecular complexity index is 365. The number of benzene rings is 1. The van der Waals surface area contributed by atoms with E-state index in [0.717, 1.165) is 5.56 Å². The first-order chi connectivity index (χ1) is 7.18. The smallest absolute Gasteiger partial charge is 0.335 e. The lowest BCUT2D eigenvalue weighted by Crippen LogP contribution is -2.38. The third kappa shape index (κ3) is 1.97. The number of aromatic carboxylic acids is 1. The molecule has 6 heteroatoms. The van der Waals surface area contributed by atoms with E-state index in [1.54, 1.807) is 24.3 Å². The maximum atomic E-state index is 10.6. The molecule has 80 valence electrons. The van der Waals surface area contributed by atoms with Crippen LogP contribution in [0.4, 0.5) is 0 Å². The highest BCUT2D eigenvalue weighted by atomic mass is 16.4. The first kappa shape index (κ1) is 10.1. The van der Waals surface area contributed by atoms with Crippen LogP contribution in [0.2, 0.25) is 0 Å². The van der Waals surface area contributed by atoms with Gasteiger partial charge in [-0.15, -0.1) is 0 Å². The van der Waals surface area contributed by atoms with Gasteiger partial charge in [-0.1, -0.05) is 12.1 Å². The Morgan fingerprint density at radius 1 is 1.27 bits per heavy atom. The molecule has 0 spiro atoms. The fourth-order valence-electron chi connectivity index (χ4n) is 1.50. The van der Waals surface area contributed by atoms with E-state index in [2.05, 4.69) is 16.4 Å². The SMILES string of the molecule is NC1NNNC1c1ccc(C(=O)O)cc1. The molecule has 0 bridgehead atoms. The van der Waals surface area contributed by atoms with Gasteiger partial charge < -0.3 is 10.8 Å². The minimum Gasteiger partial charge on any atom is -0.478 e. The highest BCUT2D eigenvalue weighted by Gasteiger charge is 2.24. The number of carbonyl (C=O) groups is 1. The third-order valence-corrected chi connectivity index (χ3v) is 2.34. The van der Waals surface area contributed by atoms with Crippen LogP contribution in [-0.2, 0) is 0 Å². The van der Waals surface area contributed by atoms with E-state index in [1.807, 2.05) is 0 Å². The first-order valence-corrected chi connectivity index (χ1v) is 4.53. The van der Waals surface area contributed by atoms with E-state index < -0.39 is 5.97 Å². The van der Waals surface area contributed by atoms with E-state index in [4.69, 9.17) is 10.8 Å². The second kappa shape index (κ2) is 3.95. The summed E-state index contributed by atoms with van der Waals surface area (Å²) < 4.78 is 0. The highest BCUT2D eigenvalue weighted by molar-refractivity contribution is 5.87. The summed E-state index contributed by atoms with van der Waals surface area (Å²) in [5, 5.41) is 8.73. The molecule has 6 N–H and O–H groups in total. The Kier molecular flexibility index (Phi) is 2.65. The summed E-state index contributed by atoms with van der Waals surface area (Å²) in [6.07, 6.45) is -0.235. The van der Waals surface area contributed by atoms with Crippen molar-refractivity contribution in [3.8, 4) is 0 Å². The van der Waals surface area contributed by atoms with Gasteiger partial charge >= 0.3 is 5.97 Å². The monoisotopic (exact) mass is 208 g/mol. The normalized spacial score (nSPS) is 25.4. The summed E-state index contributed by atoms with van der Waals surface area (Å²) >= 11 is 0. The minimum absolute atomic E-state index is 0.0622. The largest absolute Gasteiger partial charge is 0.478 e. The second-order valence-electron chi connectivity index (χ2n) is 3.34. The molecule has 0 aromatic heterocycles. The van der Waals surface area contributed by atoms with Gasteiger partial charge in [0.15, 0.2) is 0 Å². The average Bonchev–Trinajstić information content (AvgIpc) is 2.65. The Labute approximate surface area is 86.4 Å². The Morgan fingerprint density at radius 2 is 1.93 bits per heavy atom. The van der Waals surface area contributed by atoms with Crippen molar-refractivity contribution in [1.82, 2.24) is 16.4 Å². The molecule has 15 heavy (non-hydrogen) atoms. The predicted molar refractivity (Wildman–Crippen MR) is 53.5 cm³/mol. The lowest BCUT2D eigenvalue weighted by Gasteiger charge is -2.13. The van der Waals surface area contributed by atoms with Crippen LogP contribution in [0, 0.1) is 0 Å². The number of rotatable bonds is 2. The van der Waals surface area contributed by atoms with E-state index in [0.29, 0.717) is 0 Å². The molecule has 2 rings (SSSR count). The van der Waals surface area contributed by atoms with E-state index in [-0.39, 0.29) is 17.8 Å². The fourth-order valence-corrected chi connectivity index (χ4v) is 1.50. The van der Waals surface area contributed by atoms with Crippen LogP contribution in [0.3, 0.4) is 0 Å². The molecule has 0 radical (unpaired) electrons. The van der Waals surface area contributed by atoms with Gasteiger partial charge in [-0.2, -0.15) is 5.53 Å². The zero-order valence-electron chi connectivity index (χ0n) is 7.90. The highest BCUT2D eigenvalue weighted by Crippen LogP contribution is 2.16. The summed E-state index contributed by atoms with van der Waals surface area (Å²) in [6, 6.07) is 6.55. The average molecular weight is 208 g/mol. The van der Waals surface area contributed by atoms with E-state index in [1.165, 1.54) is 0 Å². The molecule has 0 aliphatic carbocycles. The molecule has 1 heterocycles. The molecule has 1 aliphatic heterocycles. The molecule has 2 atom stereocenters. The molecule has 0 amide bonds. The molecule has 1 saturated heterocycles. The Hall–Kier alpha value is -1.47.